The summed E-state index contributed by atoms with van der Waals surface area (Å²) in [5.41, 5.74) is 3.30. The molecule has 3 aromatic rings. The van der Waals surface area contributed by atoms with Crippen LogP contribution in [0.3, 0.4) is 0 Å². The number of aliphatic hydroxyl groups is 1. The van der Waals surface area contributed by atoms with Crippen molar-refractivity contribution < 1.29 is 9.90 Å². The van der Waals surface area contributed by atoms with E-state index in [4.69, 9.17) is 4.98 Å². The van der Waals surface area contributed by atoms with Crippen LogP contribution in [0.5, 0.6) is 0 Å². The molecule has 1 N–H and O–H groups in total. The zero-order valence-electron chi connectivity index (χ0n) is 21.0. The minimum atomic E-state index is -0.524. The van der Waals surface area contributed by atoms with E-state index in [0.29, 0.717) is 6.54 Å². The molecule has 0 radical (unpaired) electrons. The number of rotatable bonds is 5. The van der Waals surface area contributed by atoms with Crippen LogP contribution in [-0.4, -0.2) is 39.0 Å². The van der Waals surface area contributed by atoms with Crippen LogP contribution < -0.4 is 0 Å². The minimum Gasteiger partial charge on any atom is -0.392 e. The lowest BCUT2D eigenvalue weighted by Crippen LogP contribution is -2.53. The number of fused-ring (bicyclic) bond motifs is 2. The molecule has 0 bridgehead atoms. The van der Waals surface area contributed by atoms with Gasteiger partial charge in [-0.25, -0.2) is 4.98 Å². The first-order valence-electron chi connectivity index (χ1n) is 12.7. The van der Waals surface area contributed by atoms with Crippen molar-refractivity contribution in [3.05, 3.63) is 71.0 Å². The van der Waals surface area contributed by atoms with Crippen LogP contribution in [0, 0.1) is 23.2 Å². The Morgan fingerprint density at radius 1 is 1.26 bits per heavy atom. The molecule has 184 valence electrons. The number of thiazole rings is 1. The molecule has 0 saturated heterocycles. The van der Waals surface area contributed by atoms with E-state index in [9.17, 15) is 9.90 Å². The summed E-state index contributed by atoms with van der Waals surface area (Å²) < 4.78 is 0. The van der Waals surface area contributed by atoms with Gasteiger partial charge in [-0.15, -0.1) is 11.3 Å². The lowest BCUT2D eigenvalue weighted by atomic mass is 9.53. The first-order valence-corrected chi connectivity index (χ1v) is 13.5. The molecule has 1 amide bonds. The molecule has 6 atom stereocenters. The van der Waals surface area contributed by atoms with Gasteiger partial charge in [-0.2, -0.15) is 0 Å². The largest absolute Gasteiger partial charge is 0.392 e. The van der Waals surface area contributed by atoms with E-state index in [2.05, 4.69) is 24.9 Å². The van der Waals surface area contributed by atoms with Crippen molar-refractivity contribution in [2.45, 2.75) is 58.6 Å². The lowest BCUT2D eigenvalue weighted by Gasteiger charge is -2.53. The Morgan fingerprint density at radius 3 is 2.74 bits per heavy atom. The molecular formula is C29H35N3O2S. The van der Waals surface area contributed by atoms with Crippen LogP contribution in [0.4, 0.5) is 0 Å². The van der Waals surface area contributed by atoms with Gasteiger partial charge in [0, 0.05) is 48.3 Å². The van der Waals surface area contributed by atoms with Crippen molar-refractivity contribution in [1.82, 2.24) is 14.9 Å². The third kappa shape index (κ3) is 4.43. The number of amides is 1. The van der Waals surface area contributed by atoms with Gasteiger partial charge in [0.1, 0.15) is 5.01 Å². The summed E-state index contributed by atoms with van der Waals surface area (Å²) in [5, 5.41) is 12.7. The van der Waals surface area contributed by atoms with E-state index in [1.165, 1.54) is 4.88 Å². The highest BCUT2D eigenvalue weighted by Gasteiger charge is 2.54. The quantitative estimate of drug-likeness (QED) is 0.510. The van der Waals surface area contributed by atoms with Gasteiger partial charge in [0.05, 0.1) is 11.8 Å². The first kappa shape index (κ1) is 24.1. The standard InChI is InChI=1S/C29H35N3O2S/c1-18(28(34)32(4)17-20-9-6-5-7-10-20)22-12-13-29(3)15-23-25(19(2)24(29)26(22)33)31-27(35-23)21-11-8-14-30-16-21/h5-11,14,16,18-19,22,24,26,33H,12-13,15,17H2,1-4H3/t18-,19-,22-,24+,26-,29-/m0/s1. The second-order valence-corrected chi connectivity index (χ2v) is 12.0. The van der Waals surface area contributed by atoms with Crippen LogP contribution in [0.25, 0.3) is 10.6 Å². The van der Waals surface area contributed by atoms with E-state index in [-0.39, 0.29) is 35.0 Å². The van der Waals surface area contributed by atoms with Gasteiger partial charge in [-0.1, -0.05) is 51.1 Å². The van der Waals surface area contributed by atoms with Crippen LogP contribution in [0.2, 0.25) is 0 Å². The van der Waals surface area contributed by atoms with Crippen molar-refractivity contribution in [1.29, 1.82) is 0 Å². The number of aromatic nitrogens is 2. The molecule has 0 aliphatic heterocycles. The molecule has 2 heterocycles. The maximum atomic E-state index is 13.4. The van der Waals surface area contributed by atoms with Crippen LogP contribution in [0.1, 0.15) is 55.7 Å². The normalized spacial score (nSPS) is 28.6. The van der Waals surface area contributed by atoms with E-state index < -0.39 is 6.10 Å². The molecule has 5 rings (SSSR count). The number of carbonyl (C=O) groups is 1. The smallest absolute Gasteiger partial charge is 0.225 e. The molecule has 2 aliphatic carbocycles. The second kappa shape index (κ2) is 9.47. The lowest BCUT2D eigenvalue weighted by molar-refractivity contribution is -0.144. The molecule has 1 fully saturated rings. The molecule has 35 heavy (non-hydrogen) atoms. The molecule has 0 unspecified atom stereocenters. The predicted octanol–water partition coefficient (Wildman–Crippen LogP) is 5.55. The minimum absolute atomic E-state index is 0.0137. The number of pyridine rings is 1. The summed E-state index contributed by atoms with van der Waals surface area (Å²) in [6, 6.07) is 14.1. The monoisotopic (exact) mass is 489 g/mol. The van der Waals surface area contributed by atoms with Crippen LogP contribution in [0.15, 0.2) is 54.9 Å². The molecule has 1 saturated carbocycles. The zero-order valence-corrected chi connectivity index (χ0v) is 21.8. The third-order valence-corrected chi connectivity index (χ3v) is 9.62. The summed E-state index contributed by atoms with van der Waals surface area (Å²) in [6.07, 6.45) is 5.96. The fraction of sp³-hybridized carbons (Fsp3) is 0.483. The van der Waals surface area contributed by atoms with Gasteiger partial charge >= 0.3 is 0 Å². The third-order valence-electron chi connectivity index (χ3n) is 8.50. The summed E-state index contributed by atoms with van der Waals surface area (Å²) >= 11 is 1.77. The zero-order chi connectivity index (χ0) is 24.7. The summed E-state index contributed by atoms with van der Waals surface area (Å²) in [4.78, 5) is 25.8. The highest BCUT2D eigenvalue weighted by molar-refractivity contribution is 7.15. The Labute approximate surface area is 212 Å². The summed E-state index contributed by atoms with van der Waals surface area (Å²) in [6.45, 7) is 7.13. The fourth-order valence-electron chi connectivity index (χ4n) is 6.63. The van der Waals surface area contributed by atoms with Crippen molar-refractivity contribution in [3.8, 4) is 10.6 Å². The van der Waals surface area contributed by atoms with Gasteiger partial charge in [0.25, 0.3) is 0 Å². The first-order chi connectivity index (χ1) is 16.8. The number of aliphatic hydroxyl groups excluding tert-OH is 1. The number of carbonyl (C=O) groups excluding carboxylic acids is 1. The van der Waals surface area contributed by atoms with Gasteiger partial charge in [-0.05, 0) is 54.2 Å². The SMILES string of the molecule is C[C@H](C(=O)N(C)Cc1ccccc1)[C@@H]1CC[C@@]2(C)Cc3sc(-c4cccnc4)nc3[C@@H](C)[C@@H]2[C@H]1O. The predicted molar refractivity (Wildman–Crippen MR) is 140 cm³/mol. The van der Waals surface area contributed by atoms with E-state index in [1.54, 1.807) is 17.5 Å². The number of nitrogens with zero attached hydrogens (tertiary/aromatic N) is 3. The van der Waals surface area contributed by atoms with Crippen molar-refractivity contribution in [3.63, 3.8) is 0 Å². The molecule has 0 spiro atoms. The molecule has 2 aromatic heterocycles. The Hall–Kier alpha value is -2.57. The van der Waals surface area contributed by atoms with Crippen LogP contribution >= 0.6 is 11.3 Å². The number of benzene rings is 1. The van der Waals surface area contributed by atoms with Gasteiger partial charge < -0.3 is 10.0 Å². The summed E-state index contributed by atoms with van der Waals surface area (Å²) in [7, 11) is 1.87. The van der Waals surface area contributed by atoms with Crippen molar-refractivity contribution >= 4 is 17.2 Å². The average Bonchev–Trinajstić information content (AvgIpc) is 3.28. The van der Waals surface area contributed by atoms with Gasteiger partial charge in [0.15, 0.2) is 0 Å². The Balaban J connectivity index is 1.36. The second-order valence-electron chi connectivity index (χ2n) is 10.9. The Bertz CT molecular complexity index is 1180. The van der Waals surface area contributed by atoms with Gasteiger partial charge in [0.2, 0.25) is 5.91 Å². The Morgan fingerprint density at radius 2 is 2.03 bits per heavy atom. The van der Waals surface area contributed by atoms with Crippen molar-refractivity contribution in [2.24, 2.45) is 23.2 Å². The molecule has 2 aliphatic rings. The highest BCUT2D eigenvalue weighted by Crippen LogP contribution is 2.57. The topological polar surface area (TPSA) is 66.3 Å². The molecule has 1 aromatic carbocycles. The Kier molecular flexibility index (Phi) is 6.53. The summed E-state index contributed by atoms with van der Waals surface area (Å²) in [5.74, 6) is 0.0792. The van der Waals surface area contributed by atoms with E-state index >= 15 is 0 Å². The van der Waals surface area contributed by atoms with E-state index in [1.807, 2.05) is 61.5 Å². The van der Waals surface area contributed by atoms with Crippen LogP contribution in [-0.2, 0) is 17.8 Å². The van der Waals surface area contributed by atoms with E-state index in [0.717, 1.165) is 41.1 Å². The number of hydrogen-bond acceptors (Lipinski definition) is 5. The molecular weight excluding hydrogens is 454 g/mol. The van der Waals surface area contributed by atoms with Crippen molar-refractivity contribution in [2.75, 3.05) is 7.05 Å². The number of hydrogen-bond donors (Lipinski definition) is 1. The van der Waals surface area contributed by atoms with Gasteiger partial charge in [-0.3, -0.25) is 9.78 Å². The molecule has 5 nitrogen and oxygen atoms in total. The highest BCUT2D eigenvalue weighted by atomic mass is 32.1. The maximum absolute atomic E-state index is 13.4. The molecule has 6 heteroatoms. The average molecular weight is 490 g/mol. The fourth-order valence-corrected chi connectivity index (χ4v) is 7.98. The maximum Gasteiger partial charge on any atom is 0.225 e.